The molecule has 0 saturated carbocycles. The zero-order valence-electron chi connectivity index (χ0n) is 10.3. The number of nitrogens with zero attached hydrogens (tertiary/aromatic N) is 2. The van der Waals surface area contributed by atoms with Crippen LogP contribution >= 0.6 is 0 Å². The van der Waals surface area contributed by atoms with E-state index in [2.05, 4.69) is 38.1 Å². The third-order valence-corrected chi connectivity index (χ3v) is 3.01. The summed E-state index contributed by atoms with van der Waals surface area (Å²) in [7, 11) is 0. The second-order valence-electron chi connectivity index (χ2n) is 5.24. The van der Waals surface area contributed by atoms with E-state index in [-0.39, 0.29) is 0 Å². The van der Waals surface area contributed by atoms with Crippen LogP contribution in [0.15, 0.2) is 18.5 Å². The molecule has 1 heterocycles. The van der Waals surface area contributed by atoms with Crippen LogP contribution in [0, 0.1) is 11.3 Å². The number of rotatable bonds is 5. The van der Waals surface area contributed by atoms with Gasteiger partial charge >= 0.3 is 0 Å². The highest BCUT2D eigenvalue weighted by Crippen LogP contribution is 2.24. The molecule has 1 aromatic rings. The van der Waals surface area contributed by atoms with Gasteiger partial charge in [-0.1, -0.05) is 27.7 Å². The smallest absolute Gasteiger partial charge is 0.0533 e. The van der Waals surface area contributed by atoms with E-state index in [9.17, 15) is 0 Å². The SMILES string of the molecule is CC(CNCCn1cccn1)C(C)(C)C. The summed E-state index contributed by atoms with van der Waals surface area (Å²) in [4.78, 5) is 0. The minimum Gasteiger partial charge on any atom is -0.315 e. The molecule has 0 bridgehead atoms. The molecular formula is C12H23N3. The van der Waals surface area contributed by atoms with Crippen molar-refractivity contribution in [1.29, 1.82) is 0 Å². The van der Waals surface area contributed by atoms with E-state index in [4.69, 9.17) is 0 Å². The molecule has 1 aromatic heterocycles. The summed E-state index contributed by atoms with van der Waals surface area (Å²) in [6, 6.07) is 1.96. The first kappa shape index (κ1) is 12.2. The van der Waals surface area contributed by atoms with Crippen molar-refractivity contribution in [2.24, 2.45) is 11.3 Å². The minimum atomic E-state index is 0.388. The van der Waals surface area contributed by atoms with Crippen LogP contribution in [0.3, 0.4) is 0 Å². The fraction of sp³-hybridized carbons (Fsp3) is 0.750. The highest BCUT2D eigenvalue weighted by Gasteiger charge is 2.18. The lowest BCUT2D eigenvalue weighted by atomic mass is 9.82. The zero-order chi connectivity index (χ0) is 11.3. The largest absolute Gasteiger partial charge is 0.315 e. The lowest BCUT2D eigenvalue weighted by Crippen LogP contribution is -2.31. The summed E-state index contributed by atoms with van der Waals surface area (Å²) in [6.07, 6.45) is 3.81. The Morgan fingerprint density at radius 3 is 2.67 bits per heavy atom. The Morgan fingerprint density at radius 1 is 1.40 bits per heavy atom. The first-order valence-electron chi connectivity index (χ1n) is 5.68. The van der Waals surface area contributed by atoms with E-state index in [1.54, 1.807) is 0 Å². The molecule has 15 heavy (non-hydrogen) atoms. The van der Waals surface area contributed by atoms with Crippen LogP contribution in [0.4, 0.5) is 0 Å². The predicted molar refractivity (Wildman–Crippen MR) is 63.7 cm³/mol. The van der Waals surface area contributed by atoms with Crippen molar-refractivity contribution >= 4 is 0 Å². The van der Waals surface area contributed by atoms with Gasteiger partial charge in [-0.25, -0.2) is 0 Å². The average Bonchev–Trinajstić information content (AvgIpc) is 2.63. The summed E-state index contributed by atoms with van der Waals surface area (Å²) in [5, 5.41) is 7.63. The fourth-order valence-corrected chi connectivity index (χ4v) is 1.25. The number of aromatic nitrogens is 2. The molecule has 0 aromatic carbocycles. The van der Waals surface area contributed by atoms with Gasteiger partial charge in [-0.3, -0.25) is 4.68 Å². The maximum Gasteiger partial charge on any atom is 0.0533 e. The van der Waals surface area contributed by atoms with E-state index in [0.717, 1.165) is 19.6 Å². The number of hydrogen-bond acceptors (Lipinski definition) is 2. The molecule has 0 aliphatic heterocycles. The number of hydrogen-bond donors (Lipinski definition) is 1. The summed E-state index contributed by atoms with van der Waals surface area (Å²) < 4.78 is 1.95. The van der Waals surface area contributed by atoms with Crippen molar-refractivity contribution in [2.45, 2.75) is 34.2 Å². The van der Waals surface area contributed by atoms with Crippen molar-refractivity contribution in [3.05, 3.63) is 18.5 Å². The van der Waals surface area contributed by atoms with Gasteiger partial charge in [0.05, 0.1) is 6.54 Å². The van der Waals surface area contributed by atoms with Crippen LogP contribution in [-0.2, 0) is 6.54 Å². The lowest BCUT2D eigenvalue weighted by Gasteiger charge is -2.27. The van der Waals surface area contributed by atoms with E-state index < -0.39 is 0 Å². The standard InChI is InChI=1S/C12H23N3/c1-11(12(2,3)4)10-13-7-9-15-8-5-6-14-15/h5-6,8,11,13H,7,9-10H2,1-4H3. The summed E-state index contributed by atoms with van der Waals surface area (Å²) >= 11 is 0. The highest BCUT2D eigenvalue weighted by atomic mass is 15.3. The Balaban J connectivity index is 2.12. The van der Waals surface area contributed by atoms with E-state index in [1.807, 2.05) is 23.1 Å². The Kier molecular flexibility index (Phi) is 4.33. The normalized spacial score (nSPS) is 14.1. The van der Waals surface area contributed by atoms with Crippen molar-refractivity contribution in [3.63, 3.8) is 0 Å². The molecule has 1 N–H and O–H groups in total. The van der Waals surface area contributed by atoms with E-state index in [1.165, 1.54) is 0 Å². The minimum absolute atomic E-state index is 0.388. The van der Waals surface area contributed by atoms with Crippen molar-refractivity contribution < 1.29 is 0 Å². The van der Waals surface area contributed by atoms with Gasteiger partial charge in [0.1, 0.15) is 0 Å². The maximum absolute atomic E-state index is 4.16. The summed E-state index contributed by atoms with van der Waals surface area (Å²) in [5.41, 5.74) is 0.388. The first-order chi connectivity index (χ1) is 7.00. The third-order valence-electron chi connectivity index (χ3n) is 3.01. The van der Waals surface area contributed by atoms with Gasteiger partial charge in [0, 0.05) is 18.9 Å². The van der Waals surface area contributed by atoms with Crippen LogP contribution in [0.1, 0.15) is 27.7 Å². The highest BCUT2D eigenvalue weighted by molar-refractivity contribution is 4.78. The average molecular weight is 209 g/mol. The molecule has 0 aliphatic rings. The molecule has 3 heteroatoms. The van der Waals surface area contributed by atoms with Crippen molar-refractivity contribution in [1.82, 2.24) is 15.1 Å². The summed E-state index contributed by atoms with van der Waals surface area (Å²) in [6.45, 7) is 12.2. The van der Waals surface area contributed by atoms with Gasteiger partial charge < -0.3 is 5.32 Å². The first-order valence-corrected chi connectivity index (χ1v) is 5.68. The van der Waals surface area contributed by atoms with Crippen molar-refractivity contribution in [2.75, 3.05) is 13.1 Å². The Morgan fingerprint density at radius 2 is 2.13 bits per heavy atom. The van der Waals surface area contributed by atoms with Gasteiger partial charge in [0.25, 0.3) is 0 Å². The van der Waals surface area contributed by atoms with E-state index >= 15 is 0 Å². The monoisotopic (exact) mass is 209 g/mol. The van der Waals surface area contributed by atoms with Gasteiger partial charge in [-0.2, -0.15) is 5.10 Å². The van der Waals surface area contributed by atoms with Crippen LogP contribution in [-0.4, -0.2) is 22.9 Å². The Hall–Kier alpha value is -0.830. The topological polar surface area (TPSA) is 29.9 Å². The van der Waals surface area contributed by atoms with Crippen molar-refractivity contribution in [3.8, 4) is 0 Å². The second-order valence-corrected chi connectivity index (χ2v) is 5.24. The molecule has 0 fully saturated rings. The lowest BCUT2D eigenvalue weighted by molar-refractivity contribution is 0.252. The van der Waals surface area contributed by atoms with Crippen LogP contribution in [0.2, 0.25) is 0 Å². The molecule has 1 rings (SSSR count). The molecule has 0 saturated heterocycles. The molecule has 1 unspecified atom stereocenters. The quantitative estimate of drug-likeness (QED) is 0.753. The van der Waals surface area contributed by atoms with Gasteiger partial charge in [-0.05, 0) is 23.9 Å². The van der Waals surface area contributed by atoms with Gasteiger partial charge in [-0.15, -0.1) is 0 Å². The molecule has 0 spiro atoms. The number of nitrogens with one attached hydrogen (secondary N) is 1. The van der Waals surface area contributed by atoms with Crippen LogP contribution < -0.4 is 5.32 Å². The van der Waals surface area contributed by atoms with Gasteiger partial charge in [0.2, 0.25) is 0 Å². The molecule has 86 valence electrons. The second kappa shape index (κ2) is 5.31. The Labute approximate surface area is 92.9 Å². The molecule has 0 amide bonds. The summed E-state index contributed by atoms with van der Waals surface area (Å²) in [5.74, 6) is 0.690. The molecule has 0 aliphatic carbocycles. The van der Waals surface area contributed by atoms with E-state index in [0.29, 0.717) is 11.3 Å². The zero-order valence-corrected chi connectivity index (χ0v) is 10.3. The molecule has 3 nitrogen and oxygen atoms in total. The Bertz CT molecular complexity index is 259. The third kappa shape index (κ3) is 4.47. The fourth-order valence-electron chi connectivity index (χ4n) is 1.25. The van der Waals surface area contributed by atoms with Crippen LogP contribution in [0.5, 0.6) is 0 Å². The van der Waals surface area contributed by atoms with Crippen LogP contribution in [0.25, 0.3) is 0 Å². The maximum atomic E-state index is 4.16. The predicted octanol–water partition coefficient (Wildman–Crippen LogP) is 2.15. The molecular weight excluding hydrogens is 186 g/mol. The molecule has 1 atom stereocenters. The van der Waals surface area contributed by atoms with Gasteiger partial charge in [0.15, 0.2) is 0 Å². The molecule has 0 radical (unpaired) electrons.